The van der Waals surface area contributed by atoms with Crippen LogP contribution < -0.4 is 0 Å². The normalized spacial score (nSPS) is 10.9. The van der Waals surface area contributed by atoms with Gasteiger partial charge in [0.05, 0.1) is 17.3 Å². The molecule has 0 aliphatic rings. The summed E-state index contributed by atoms with van der Waals surface area (Å²) >= 11 is 0. The van der Waals surface area contributed by atoms with Crippen LogP contribution in [0.2, 0.25) is 0 Å². The van der Waals surface area contributed by atoms with Crippen LogP contribution in [0.4, 0.5) is 0 Å². The highest BCUT2D eigenvalue weighted by atomic mass is 15.5. The molecule has 104 valence electrons. The first-order valence-corrected chi connectivity index (χ1v) is 7.02. The molecule has 22 heavy (non-hydrogen) atoms. The molecule has 0 radical (unpaired) electrons. The van der Waals surface area contributed by atoms with E-state index in [9.17, 15) is 5.26 Å². The Bertz CT molecular complexity index is 1050. The third-order valence-electron chi connectivity index (χ3n) is 3.85. The largest absolute Gasteiger partial charge is 0.192 e. The minimum absolute atomic E-state index is 0.642. The minimum Gasteiger partial charge on any atom is -0.192 e. The topological polar surface area (TPSA) is 54.5 Å². The first-order valence-electron chi connectivity index (χ1n) is 7.02. The van der Waals surface area contributed by atoms with E-state index in [0.717, 1.165) is 33.1 Å². The van der Waals surface area contributed by atoms with Crippen LogP contribution in [0.25, 0.3) is 27.5 Å². The second kappa shape index (κ2) is 4.68. The fourth-order valence-corrected chi connectivity index (χ4v) is 2.62. The predicted octanol–water partition coefficient (Wildman–Crippen LogP) is 3.75. The van der Waals surface area contributed by atoms with Gasteiger partial charge in [0.25, 0.3) is 0 Å². The highest BCUT2D eigenvalue weighted by Crippen LogP contribution is 2.23. The maximum absolute atomic E-state index is 9.17. The van der Waals surface area contributed by atoms with Gasteiger partial charge in [-0.2, -0.15) is 10.1 Å². The molecule has 0 bridgehead atoms. The summed E-state index contributed by atoms with van der Waals surface area (Å²) in [6.07, 6.45) is 0. The quantitative estimate of drug-likeness (QED) is 0.535. The van der Waals surface area contributed by atoms with E-state index in [4.69, 9.17) is 0 Å². The average Bonchev–Trinajstić information content (AvgIpc) is 3.00. The van der Waals surface area contributed by atoms with Gasteiger partial charge in [-0.3, -0.25) is 0 Å². The molecule has 0 saturated carbocycles. The van der Waals surface area contributed by atoms with Crippen LogP contribution in [-0.2, 0) is 0 Å². The number of nitrogens with zero attached hydrogens (tertiary/aromatic N) is 4. The number of aromatic nitrogens is 3. The van der Waals surface area contributed by atoms with Crippen LogP contribution in [0, 0.1) is 18.3 Å². The zero-order chi connectivity index (χ0) is 15.1. The SMILES string of the molecule is Cc1ccc(-n2nc3ccc4ccccc4c3n2)cc1C#N. The van der Waals surface area contributed by atoms with Crippen molar-refractivity contribution in [2.75, 3.05) is 0 Å². The molecular weight excluding hydrogens is 272 g/mol. The fraction of sp³-hybridized carbons (Fsp3) is 0.0556. The molecule has 0 aliphatic heterocycles. The number of rotatable bonds is 1. The third-order valence-corrected chi connectivity index (χ3v) is 3.85. The lowest BCUT2D eigenvalue weighted by Crippen LogP contribution is -1.99. The Hall–Kier alpha value is -3.19. The molecule has 0 spiro atoms. The summed E-state index contributed by atoms with van der Waals surface area (Å²) < 4.78 is 0. The molecule has 0 atom stereocenters. The minimum atomic E-state index is 0.642. The standard InChI is InChI=1S/C18H12N4/c1-12-6-8-15(10-14(12)11-19)22-20-17-9-7-13-4-2-3-5-16(13)18(17)21-22/h2-10H,1H3. The molecule has 1 aromatic heterocycles. The maximum Gasteiger partial charge on any atom is 0.121 e. The Balaban J connectivity index is 1.97. The van der Waals surface area contributed by atoms with Crippen molar-refractivity contribution < 1.29 is 0 Å². The molecule has 3 aromatic carbocycles. The summed E-state index contributed by atoms with van der Waals surface area (Å²) in [5.74, 6) is 0. The summed E-state index contributed by atoms with van der Waals surface area (Å²) in [5, 5.41) is 20.5. The van der Waals surface area contributed by atoms with Crippen LogP contribution in [-0.4, -0.2) is 15.0 Å². The Kier molecular flexibility index (Phi) is 2.67. The van der Waals surface area contributed by atoms with E-state index in [1.165, 1.54) is 0 Å². The Morgan fingerprint density at radius 1 is 1.00 bits per heavy atom. The monoisotopic (exact) mass is 284 g/mol. The van der Waals surface area contributed by atoms with E-state index >= 15 is 0 Å². The first kappa shape index (κ1) is 12.5. The number of nitriles is 1. The van der Waals surface area contributed by atoms with E-state index in [1.54, 1.807) is 4.80 Å². The summed E-state index contributed by atoms with van der Waals surface area (Å²) in [4.78, 5) is 1.59. The fourth-order valence-electron chi connectivity index (χ4n) is 2.62. The first-order chi connectivity index (χ1) is 10.8. The maximum atomic E-state index is 9.17. The molecule has 0 fully saturated rings. The Labute approximate surface area is 127 Å². The van der Waals surface area contributed by atoms with Gasteiger partial charge in [0.15, 0.2) is 0 Å². The van der Waals surface area contributed by atoms with Crippen molar-refractivity contribution >= 4 is 21.8 Å². The zero-order valence-electron chi connectivity index (χ0n) is 12.0. The van der Waals surface area contributed by atoms with Gasteiger partial charge in [-0.25, -0.2) is 0 Å². The second-order valence-electron chi connectivity index (χ2n) is 5.25. The van der Waals surface area contributed by atoms with Gasteiger partial charge in [0.1, 0.15) is 11.0 Å². The van der Waals surface area contributed by atoms with Crippen LogP contribution in [0.5, 0.6) is 0 Å². The molecule has 4 heteroatoms. The summed E-state index contributed by atoms with van der Waals surface area (Å²) in [6.45, 7) is 1.92. The number of hydrogen-bond acceptors (Lipinski definition) is 3. The van der Waals surface area contributed by atoms with E-state index in [2.05, 4.69) is 22.3 Å². The van der Waals surface area contributed by atoms with Crippen molar-refractivity contribution in [1.82, 2.24) is 15.0 Å². The van der Waals surface area contributed by atoms with Crippen molar-refractivity contribution in [3.63, 3.8) is 0 Å². The average molecular weight is 284 g/mol. The Morgan fingerprint density at radius 3 is 2.73 bits per heavy atom. The van der Waals surface area contributed by atoms with Gasteiger partial charge in [-0.1, -0.05) is 36.4 Å². The van der Waals surface area contributed by atoms with Crippen LogP contribution in [0.3, 0.4) is 0 Å². The summed E-state index contributed by atoms with van der Waals surface area (Å²) in [5.41, 5.74) is 4.11. The summed E-state index contributed by atoms with van der Waals surface area (Å²) in [6, 6.07) is 20.0. The zero-order valence-corrected chi connectivity index (χ0v) is 12.0. The van der Waals surface area contributed by atoms with E-state index in [0.29, 0.717) is 5.56 Å². The smallest absolute Gasteiger partial charge is 0.121 e. The highest BCUT2D eigenvalue weighted by Gasteiger charge is 2.09. The number of fused-ring (bicyclic) bond motifs is 3. The molecule has 4 rings (SSSR count). The lowest BCUT2D eigenvalue weighted by molar-refractivity contribution is 0.765. The third kappa shape index (κ3) is 1.84. The molecule has 0 amide bonds. The van der Waals surface area contributed by atoms with Crippen molar-refractivity contribution in [1.29, 1.82) is 5.26 Å². The van der Waals surface area contributed by atoms with Crippen molar-refractivity contribution in [3.05, 3.63) is 65.7 Å². The van der Waals surface area contributed by atoms with E-state index < -0.39 is 0 Å². The summed E-state index contributed by atoms with van der Waals surface area (Å²) in [7, 11) is 0. The molecule has 0 unspecified atom stereocenters. The number of aryl methyl sites for hydroxylation is 1. The molecule has 4 nitrogen and oxygen atoms in total. The predicted molar refractivity (Wildman–Crippen MR) is 85.8 cm³/mol. The van der Waals surface area contributed by atoms with Gasteiger partial charge in [0, 0.05) is 5.39 Å². The highest BCUT2D eigenvalue weighted by molar-refractivity contribution is 6.03. The van der Waals surface area contributed by atoms with Gasteiger partial charge < -0.3 is 0 Å². The van der Waals surface area contributed by atoms with Crippen molar-refractivity contribution in [2.45, 2.75) is 6.92 Å². The van der Waals surface area contributed by atoms with Crippen LogP contribution in [0.15, 0.2) is 54.6 Å². The molecule has 0 saturated heterocycles. The molecule has 0 aliphatic carbocycles. The van der Waals surface area contributed by atoms with Gasteiger partial charge in [-0.15, -0.1) is 10.2 Å². The molecule has 4 aromatic rings. The van der Waals surface area contributed by atoms with E-state index in [1.807, 2.05) is 55.5 Å². The molecular formula is C18H12N4. The van der Waals surface area contributed by atoms with Crippen LogP contribution >= 0.6 is 0 Å². The van der Waals surface area contributed by atoms with Gasteiger partial charge >= 0.3 is 0 Å². The lowest BCUT2D eigenvalue weighted by atomic mass is 10.1. The van der Waals surface area contributed by atoms with Crippen LogP contribution in [0.1, 0.15) is 11.1 Å². The van der Waals surface area contributed by atoms with E-state index in [-0.39, 0.29) is 0 Å². The van der Waals surface area contributed by atoms with Gasteiger partial charge in [0.2, 0.25) is 0 Å². The Morgan fingerprint density at radius 2 is 1.86 bits per heavy atom. The molecule has 0 N–H and O–H groups in total. The number of benzene rings is 3. The van der Waals surface area contributed by atoms with Gasteiger partial charge in [-0.05, 0) is 36.1 Å². The van der Waals surface area contributed by atoms with Crippen molar-refractivity contribution in [2.24, 2.45) is 0 Å². The number of hydrogen-bond donors (Lipinski definition) is 0. The lowest BCUT2D eigenvalue weighted by Gasteiger charge is -2.01. The second-order valence-corrected chi connectivity index (χ2v) is 5.25. The van der Waals surface area contributed by atoms with Crippen molar-refractivity contribution in [3.8, 4) is 11.8 Å². The molecule has 1 heterocycles.